The Kier molecular flexibility index (Phi) is 4.68. The molecule has 0 saturated carbocycles. The molecule has 2 aliphatic heterocycles. The fourth-order valence-corrected chi connectivity index (χ4v) is 5.00. The van der Waals surface area contributed by atoms with Crippen molar-refractivity contribution in [2.75, 3.05) is 30.5 Å². The molecule has 0 bridgehead atoms. The summed E-state index contributed by atoms with van der Waals surface area (Å²) in [4.78, 5) is 26.0. The molecule has 25 heavy (non-hydrogen) atoms. The van der Waals surface area contributed by atoms with Crippen molar-refractivity contribution in [1.82, 2.24) is 4.90 Å². The Morgan fingerprint density at radius 1 is 1.40 bits per heavy atom. The Bertz CT molecular complexity index is 811. The molecular weight excluding hydrogens is 351 g/mol. The van der Waals surface area contributed by atoms with Gasteiger partial charge in [0.25, 0.3) is 0 Å². The van der Waals surface area contributed by atoms with Crippen molar-refractivity contribution in [2.45, 2.75) is 18.9 Å². The third-order valence-electron chi connectivity index (χ3n) is 4.60. The lowest BCUT2D eigenvalue weighted by molar-refractivity contribution is -0.129. The molecule has 3 rings (SSSR count). The van der Waals surface area contributed by atoms with E-state index in [1.165, 1.54) is 24.1 Å². The minimum atomic E-state index is -3.10. The molecule has 136 valence electrons. The molecule has 2 amide bonds. The van der Waals surface area contributed by atoms with E-state index in [0.29, 0.717) is 6.42 Å². The van der Waals surface area contributed by atoms with Crippen LogP contribution in [0.5, 0.6) is 5.75 Å². The molecule has 0 aromatic heterocycles. The number of methoxy groups -OCH3 is 1. The molecular formula is C16H19FN2O5S. The van der Waals surface area contributed by atoms with Crippen molar-refractivity contribution in [3.8, 4) is 5.75 Å². The highest BCUT2D eigenvalue weighted by molar-refractivity contribution is 7.91. The summed E-state index contributed by atoms with van der Waals surface area (Å²) in [5, 5.41) is 2.59. The number of carbonyl (C=O) groups is 2. The summed E-state index contributed by atoms with van der Waals surface area (Å²) in [6.07, 6.45) is 0.438. The number of rotatable bonds is 4. The van der Waals surface area contributed by atoms with Crippen LogP contribution >= 0.6 is 0 Å². The number of anilines is 1. The van der Waals surface area contributed by atoms with Gasteiger partial charge in [0.05, 0.1) is 24.5 Å². The zero-order valence-electron chi connectivity index (χ0n) is 13.7. The highest BCUT2D eigenvalue weighted by Crippen LogP contribution is 2.27. The van der Waals surface area contributed by atoms with Gasteiger partial charge in [0, 0.05) is 30.8 Å². The Hall–Kier alpha value is -2.16. The predicted octanol–water partition coefficient (Wildman–Crippen LogP) is 0.808. The fourth-order valence-electron chi connectivity index (χ4n) is 3.27. The number of nitrogens with one attached hydrogen (secondary N) is 1. The van der Waals surface area contributed by atoms with E-state index < -0.39 is 21.6 Å². The smallest absolute Gasteiger partial charge is 0.229 e. The van der Waals surface area contributed by atoms with Gasteiger partial charge >= 0.3 is 0 Å². The van der Waals surface area contributed by atoms with Gasteiger partial charge in [0.15, 0.2) is 21.4 Å². The molecule has 1 aromatic carbocycles. The first-order valence-electron chi connectivity index (χ1n) is 7.93. The number of sulfone groups is 1. The lowest BCUT2D eigenvalue weighted by Gasteiger charge is -2.22. The third kappa shape index (κ3) is 3.76. The van der Waals surface area contributed by atoms with Crippen LogP contribution < -0.4 is 10.1 Å². The fraction of sp³-hybridized carbons (Fsp3) is 0.500. The number of likely N-dealkylation sites (tertiary alicyclic amines) is 1. The van der Waals surface area contributed by atoms with E-state index in [9.17, 15) is 22.4 Å². The Morgan fingerprint density at radius 3 is 2.76 bits per heavy atom. The van der Waals surface area contributed by atoms with Crippen LogP contribution in [-0.4, -0.2) is 56.3 Å². The second kappa shape index (κ2) is 6.62. The van der Waals surface area contributed by atoms with Crippen LogP contribution in [0.3, 0.4) is 0 Å². The second-order valence-electron chi connectivity index (χ2n) is 6.34. The molecule has 7 nitrogen and oxygen atoms in total. The Labute approximate surface area is 145 Å². The van der Waals surface area contributed by atoms with E-state index >= 15 is 0 Å². The molecule has 2 heterocycles. The number of benzene rings is 1. The van der Waals surface area contributed by atoms with E-state index in [1.807, 2.05) is 0 Å². The van der Waals surface area contributed by atoms with Crippen molar-refractivity contribution in [1.29, 1.82) is 0 Å². The van der Waals surface area contributed by atoms with Gasteiger partial charge in [-0.15, -0.1) is 0 Å². The van der Waals surface area contributed by atoms with Crippen LogP contribution in [-0.2, 0) is 19.4 Å². The average molecular weight is 370 g/mol. The van der Waals surface area contributed by atoms with E-state index in [4.69, 9.17) is 4.74 Å². The van der Waals surface area contributed by atoms with Crippen LogP contribution in [0, 0.1) is 11.7 Å². The van der Waals surface area contributed by atoms with E-state index in [2.05, 4.69) is 5.32 Å². The highest BCUT2D eigenvalue weighted by atomic mass is 32.2. The maximum Gasteiger partial charge on any atom is 0.229 e. The molecule has 2 saturated heterocycles. The quantitative estimate of drug-likeness (QED) is 0.847. The van der Waals surface area contributed by atoms with Crippen molar-refractivity contribution < 1.29 is 27.1 Å². The van der Waals surface area contributed by atoms with Gasteiger partial charge in [-0.2, -0.15) is 0 Å². The maximum absolute atomic E-state index is 13.7. The summed E-state index contributed by atoms with van der Waals surface area (Å²) in [5.74, 6) is -1.69. The van der Waals surface area contributed by atoms with Crippen LogP contribution in [0.4, 0.5) is 10.1 Å². The van der Waals surface area contributed by atoms with Crippen molar-refractivity contribution >= 4 is 27.3 Å². The van der Waals surface area contributed by atoms with Gasteiger partial charge in [0.2, 0.25) is 11.8 Å². The average Bonchev–Trinajstić information content (AvgIpc) is 3.10. The number of halogens is 1. The molecule has 9 heteroatoms. The number of hydrogen-bond donors (Lipinski definition) is 1. The van der Waals surface area contributed by atoms with Crippen molar-refractivity contribution in [2.24, 2.45) is 5.92 Å². The molecule has 1 N–H and O–H groups in total. The first kappa shape index (κ1) is 17.7. The molecule has 0 radical (unpaired) electrons. The third-order valence-corrected chi connectivity index (χ3v) is 6.35. The summed E-state index contributed by atoms with van der Waals surface area (Å²) < 4.78 is 41.7. The standard InChI is InChI=1S/C16H19FN2O5S/c1-24-14-3-2-11(7-13(14)17)18-16(21)10-6-15(20)19(8-10)12-4-5-25(22,23)9-12/h2-3,7,10,12H,4-6,8-9H2,1H3,(H,18,21)/t10-,12-/m1/s1. The lowest BCUT2D eigenvalue weighted by Crippen LogP contribution is -2.38. The lowest BCUT2D eigenvalue weighted by atomic mass is 10.1. The predicted molar refractivity (Wildman–Crippen MR) is 88.5 cm³/mol. The minimum Gasteiger partial charge on any atom is -0.494 e. The summed E-state index contributed by atoms with van der Waals surface area (Å²) in [6.45, 7) is 0.184. The summed E-state index contributed by atoms with van der Waals surface area (Å²) in [6, 6.07) is 3.71. The van der Waals surface area contributed by atoms with Gasteiger partial charge in [0.1, 0.15) is 0 Å². The molecule has 2 aliphatic rings. The number of nitrogens with zero attached hydrogens (tertiary/aromatic N) is 1. The first-order valence-corrected chi connectivity index (χ1v) is 9.75. The molecule has 0 unspecified atom stereocenters. The van der Waals surface area contributed by atoms with Gasteiger partial charge in [-0.05, 0) is 18.6 Å². The number of carbonyl (C=O) groups excluding carboxylic acids is 2. The molecule has 0 aliphatic carbocycles. The van der Waals surface area contributed by atoms with Gasteiger partial charge in [-0.3, -0.25) is 9.59 Å². The zero-order valence-corrected chi connectivity index (χ0v) is 14.5. The minimum absolute atomic E-state index is 0.0288. The van der Waals surface area contributed by atoms with Crippen molar-refractivity contribution in [3.63, 3.8) is 0 Å². The molecule has 0 spiro atoms. The van der Waals surface area contributed by atoms with Crippen LogP contribution in [0.2, 0.25) is 0 Å². The SMILES string of the molecule is COc1ccc(NC(=O)[C@@H]2CC(=O)N([C@@H]3CCS(=O)(=O)C3)C2)cc1F. The Morgan fingerprint density at radius 2 is 2.16 bits per heavy atom. The summed E-state index contributed by atoms with van der Waals surface area (Å²) >= 11 is 0. The number of ether oxygens (including phenoxy) is 1. The van der Waals surface area contributed by atoms with E-state index in [0.717, 1.165) is 6.07 Å². The number of amides is 2. The van der Waals surface area contributed by atoms with Crippen LogP contribution in [0.25, 0.3) is 0 Å². The maximum atomic E-state index is 13.7. The Balaban J connectivity index is 1.64. The van der Waals surface area contributed by atoms with Crippen LogP contribution in [0.1, 0.15) is 12.8 Å². The highest BCUT2D eigenvalue weighted by Gasteiger charge is 2.41. The molecule has 2 fully saturated rings. The van der Waals surface area contributed by atoms with Gasteiger partial charge < -0.3 is 15.0 Å². The van der Waals surface area contributed by atoms with E-state index in [1.54, 1.807) is 0 Å². The topological polar surface area (TPSA) is 92.8 Å². The van der Waals surface area contributed by atoms with E-state index in [-0.39, 0.29) is 53.8 Å². The normalized spacial score (nSPS) is 25.2. The molecule has 2 atom stereocenters. The number of hydrogen-bond acceptors (Lipinski definition) is 5. The van der Waals surface area contributed by atoms with Gasteiger partial charge in [-0.1, -0.05) is 0 Å². The van der Waals surface area contributed by atoms with Crippen molar-refractivity contribution in [3.05, 3.63) is 24.0 Å². The zero-order chi connectivity index (χ0) is 18.2. The summed E-state index contributed by atoms with van der Waals surface area (Å²) in [7, 11) is -1.76. The first-order chi connectivity index (χ1) is 11.8. The second-order valence-corrected chi connectivity index (χ2v) is 8.57. The summed E-state index contributed by atoms with van der Waals surface area (Å²) in [5.41, 5.74) is 0.276. The van der Waals surface area contributed by atoms with Gasteiger partial charge in [-0.25, -0.2) is 12.8 Å². The molecule has 1 aromatic rings. The largest absolute Gasteiger partial charge is 0.494 e. The monoisotopic (exact) mass is 370 g/mol. The van der Waals surface area contributed by atoms with Crippen LogP contribution in [0.15, 0.2) is 18.2 Å².